The van der Waals surface area contributed by atoms with Crippen LogP contribution in [0.25, 0.3) is 16.7 Å². The van der Waals surface area contributed by atoms with Gasteiger partial charge in [0.15, 0.2) is 5.82 Å². The van der Waals surface area contributed by atoms with Gasteiger partial charge in [0.1, 0.15) is 5.02 Å². The van der Waals surface area contributed by atoms with Crippen LogP contribution >= 0.6 is 11.6 Å². The normalized spacial score (nSPS) is 14.2. The van der Waals surface area contributed by atoms with Gasteiger partial charge in [-0.05, 0) is 55.0 Å². The Hall–Kier alpha value is -3.29. The summed E-state index contributed by atoms with van der Waals surface area (Å²) in [6.07, 6.45) is 3.63. The average Bonchev–Trinajstić information content (AvgIpc) is 3.12. The van der Waals surface area contributed by atoms with Crippen molar-refractivity contribution >= 4 is 45.5 Å². The number of anilines is 4. The number of aromatic nitrogens is 3. The van der Waals surface area contributed by atoms with Gasteiger partial charge in [-0.15, -0.1) is 0 Å². The van der Waals surface area contributed by atoms with E-state index < -0.39 is 0 Å². The van der Waals surface area contributed by atoms with Gasteiger partial charge in [0, 0.05) is 41.7 Å². The van der Waals surface area contributed by atoms with Crippen molar-refractivity contribution in [1.29, 1.82) is 0 Å². The molecule has 7 nitrogen and oxygen atoms in total. The van der Waals surface area contributed by atoms with Crippen molar-refractivity contribution in [2.75, 3.05) is 42.3 Å². The number of fused-ring (bicyclic) bond motifs is 1. The molecule has 158 valence electrons. The summed E-state index contributed by atoms with van der Waals surface area (Å²) in [6.45, 7) is 5.39. The lowest BCUT2D eigenvalue weighted by atomic mass is 10.2. The Morgan fingerprint density at radius 1 is 1.10 bits per heavy atom. The summed E-state index contributed by atoms with van der Waals surface area (Å²) in [7, 11) is 0. The molecule has 2 aromatic heterocycles. The fourth-order valence-electron chi connectivity index (χ4n) is 3.88. The summed E-state index contributed by atoms with van der Waals surface area (Å²) in [6, 6.07) is 14.1. The van der Waals surface area contributed by atoms with E-state index in [1.165, 1.54) is 5.69 Å². The molecule has 4 aromatic rings. The van der Waals surface area contributed by atoms with E-state index >= 15 is 0 Å². The van der Waals surface area contributed by atoms with E-state index in [1.54, 1.807) is 6.20 Å². The van der Waals surface area contributed by atoms with Crippen molar-refractivity contribution < 1.29 is 4.74 Å². The predicted octanol–water partition coefficient (Wildman–Crippen LogP) is 4.54. The molecule has 0 atom stereocenters. The van der Waals surface area contributed by atoms with Gasteiger partial charge >= 0.3 is 0 Å². The number of halogens is 1. The van der Waals surface area contributed by atoms with Gasteiger partial charge in [0.2, 0.25) is 5.95 Å². The van der Waals surface area contributed by atoms with E-state index in [2.05, 4.69) is 32.3 Å². The number of rotatable bonds is 4. The van der Waals surface area contributed by atoms with Crippen LogP contribution in [0, 0.1) is 6.92 Å². The Kier molecular flexibility index (Phi) is 5.13. The Balaban J connectivity index is 1.43. The molecule has 0 amide bonds. The quantitative estimate of drug-likeness (QED) is 0.459. The Bertz CT molecular complexity index is 1230. The molecule has 0 unspecified atom stereocenters. The molecule has 1 saturated heterocycles. The van der Waals surface area contributed by atoms with Crippen LogP contribution in [0.15, 0.2) is 54.9 Å². The molecule has 8 heteroatoms. The molecule has 2 aromatic carbocycles. The zero-order valence-corrected chi connectivity index (χ0v) is 17.9. The SMILES string of the molecule is Cc1cn(-c2nc(Nc3ccc(N4CCOCC4)cc3)ncc2Cl)c2ccc(N)cc12. The van der Waals surface area contributed by atoms with Crippen molar-refractivity contribution in [3.8, 4) is 5.82 Å². The third kappa shape index (κ3) is 3.89. The summed E-state index contributed by atoms with van der Waals surface area (Å²) in [4.78, 5) is 11.4. The molecule has 5 rings (SSSR count). The first-order valence-electron chi connectivity index (χ1n) is 10.2. The molecular formula is C23H23ClN6O. The van der Waals surface area contributed by atoms with Gasteiger partial charge in [-0.1, -0.05) is 11.6 Å². The molecule has 0 aliphatic carbocycles. The van der Waals surface area contributed by atoms with Crippen LogP contribution in [-0.2, 0) is 4.74 Å². The van der Waals surface area contributed by atoms with Crippen LogP contribution in [0.4, 0.5) is 23.0 Å². The maximum absolute atomic E-state index is 6.47. The monoisotopic (exact) mass is 434 g/mol. The van der Waals surface area contributed by atoms with Gasteiger partial charge in [0.25, 0.3) is 0 Å². The van der Waals surface area contributed by atoms with Crippen molar-refractivity contribution in [3.63, 3.8) is 0 Å². The van der Waals surface area contributed by atoms with Crippen LogP contribution in [0.5, 0.6) is 0 Å². The number of hydrogen-bond donors (Lipinski definition) is 2. The first kappa shape index (κ1) is 19.7. The second kappa shape index (κ2) is 8.09. The van der Waals surface area contributed by atoms with E-state index in [-0.39, 0.29) is 0 Å². The Labute approximate surface area is 185 Å². The number of nitrogens with zero attached hydrogens (tertiary/aromatic N) is 4. The second-order valence-corrected chi connectivity index (χ2v) is 8.00. The van der Waals surface area contributed by atoms with Gasteiger partial charge in [-0.2, -0.15) is 4.98 Å². The fourth-order valence-corrected chi connectivity index (χ4v) is 4.06. The number of aryl methyl sites for hydroxylation is 1. The number of nitrogens with two attached hydrogens (primary N) is 1. The van der Waals surface area contributed by atoms with Crippen LogP contribution in [0.2, 0.25) is 5.02 Å². The largest absolute Gasteiger partial charge is 0.399 e. The molecular weight excluding hydrogens is 412 g/mol. The summed E-state index contributed by atoms with van der Waals surface area (Å²) < 4.78 is 7.40. The lowest BCUT2D eigenvalue weighted by Crippen LogP contribution is -2.36. The summed E-state index contributed by atoms with van der Waals surface area (Å²) in [5.74, 6) is 1.10. The van der Waals surface area contributed by atoms with Gasteiger partial charge in [0.05, 0.1) is 24.9 Å². The standard InChI is InChI=1S/C23H23ClN6O/c1-15-14-30(21-7-2-16(25)12-19(15)21)22-20(24)13-26-23(28-22)27-17-3-5-18(6-4-17)29-8-10-31-11-9-29/h2-7,12-14H,8-11,25H2,1H3,(H,26,27,28). The summed E-state index contributed by atoms with van der Waals surface area (Å²) >= 11 is 6.47. The molecule has 0 radical (unpaired) electrons. The van der Waals surface area contributed by atoms with Gasteiger partial charge in [-0.25, -0.2) is 4.98 Å². The summed E-state index contributed by atoms with van der Waals surface area (Å²) in [5, 5.41) is 4.82. The maximum atomic E-state index is 6.47. The molecule has 1 fully saturated rings. The van der Waals surface area contributed by atoms with E-state index in [4.69, 9.17) is 22.1 Å². The third-order valence-electron chi connectivity index (χ3n) is 5.48. The number of nitrogens with one attached hydrogen (secondary N) is 1. The van der Waals surface area contributed by atoms with Crippen molar-refractivity contribution in [3.05, 3.63) is 65.4 Å². The van der Waals surface area contributed by atoms with Crippen molar-refractivity contribution in [2.45, 2.75) is 6.92 Å². The number of ether oxygens (including phenoxy) is 1. The van der Waals surface area contributed by atoms with Crippen LogP contribution in [0.1, 0.15) is 5.56 Å². The number of nitrogen functional groups attached to an aromatic ring is 1. The predicted molar refractivity (Wildman–Crippen MR) is 126 cm³/mol. The highest BCUT2D eigenvalue weighted by atomic mass is 35.5. The molecule has 3 heterocycles. The topological polar surface area (TPSA) is 81.2 Å². The first-order valence-corrected chi connectivity index (χ1v) is 10.6. The molecule has 1 aliphatic rings. The van der Waals surface area contributed by atoms with Crippen LogP contribution in [0.3, 0.4) is 0 Å². The molecule has 31 heavy (non-hydrogen) atoms. The number of morpholine rings is 1. The minimum absolute atomic E-state index is 0.474. The van der Waals surface area contributed by atoms with Crippen LogP contribution < -0.4 is 16.0 Å². The van der Waals surface area contributed by atoms with E-state index in [1.807, 2.05) is 48.0 Å². The maximum Gasteiger partial charge on any atom is 0.229 e. The number of benzene rings is 2. The second-order valence-electron chi connectivity index (χ2n) is 7.60. The number of hydrogen-bond acceptors (Lipinski definition) is 6. The zero-order chi connectivity index (χ0) is 21.4. The lowest BCUT2D eigenvalue weighted by molar-refractivity contribution is 0.122. The molecule has 0 saturated carbocycles. The van der Waals surface area contributed by atoms with E-state index in [0.717, 1.165) is 54.1 Å². The van der Waals surface area contributed by atoms with Crippen molar-refractivity contribution in [1.82, 2.24) is 14.5 Å². The van der Waals surface area contributed by atoms with E-state index in [0.29, 0.717) is 16.8 Å². The molecule has 1 aliphatic heterocycles. The minimum Gasteiger partial charge on any atom is -0.399 e. The molecule has 3 N–H and O–H groups in total. The van der Waals surface area contributed by atoms with Gasteiger partial charge in [-0.3, -0.25) is 4.57 Å². The highest BCUT2D eigenvalue weighted by molar-refractivity contribution is 6.32. The Morgan fingerprint density at radius 2 is 1.87 bits per heavy atom. The van der Waals surface area contributed by atoms with Crippen LogP contribution in [-0.4, -0.2) is 40.8 Å². The highest BCUT2D eigenvalue weighted by Crippen LogP contribution is 2.29. The third-order valence-corrected chi connectivity index (χ3v) is 5.75. The Morgan fingerprint density at radius 3 is 2.65 bits per heavy atom. The van der Waals surface area contributed by atoms with E-state index in [9.17, 15) is 0 Å². The van der Waals surface area contributed by atoms with Crippen molar-refractivity contribution in [2.24, 2.45) is 0 Å². The first-order chi connectivity index (χ1) is 15.1. The lowest BCUT2D eigenvalue weighted by Gasteiger charge is -2.28. The van der Waals surface area contributed by atoms with Gasteiger partial charge < -0.3 is 20.7 Å². The minimum atomic E-state index is 0.474. The molecule has 0 bridgehead atoms. The molecule has 0 spiro atoms. The zero-order valence-electron chi connectivity index (χ0n) is 17.2. The smallest absolute Gasteiger partial charge is 0.229 e. The fraction of sp³-hybridized carbons (Fsp3) is 0.217. The summed E-state index contributed by atoms with van der Waals surface area (Å²) in [5.41, 5.74) is 10.9. The highest BCUT2D eigenvalue weighted by Gasteiger charge is 2.14. The average molecular weight is 435 g/mol.